The molecule has 2 unspecified atom stereocenters. The maximum absolute atomic E-state index is 13.5. The van der Waals surface area contributed by atoms with Gasteiger partial charge in [0.1, 0.15) is 35.8 Å². The average molecular weight is 797 g/mol. The number of H-pyrrole nitrogens is 2. The standard InChI is InChI=1S/C40H44N8O6S2/c1-21(2)33(45-39(51)53-5)37(49)47-15-7-9-27(47)35-41-19-25(43-35)23-11-13-24(14-12-23)29-17-31-32(55-29)18-30(56-31)26-20-42-36(44-26)28-10-8-16-48(28)38(50)34(22(3)4)46-40(52)54-6/h7-14,17-22,27-28,33-34H,15-16H2,1-6H3,(H,41,43)(H,42,44)(H,45,51)(H,46,52)/t27?,28?,33-,34-/m0/s1. The first-order valence-corrected chi connectivity index (χ1v) is 20.0. The molecule has 4 N–H and O–H groups in total. The van der Waals surface area contributed by atoms with E-state index in [1.807, 2.05) is 52.0 Å². The van der Waals surface area contributed by atoms with Gasteiger partial charge >= 0.3 is 12.2 Å². The Balaban J connectivity index is 1.02. The van der Waals surface area contributed by atoms with Gasteiger partial charge in [0.15, 0.2) is 0 Å². The van der Waals surface area contributed by atoms with Gasteiger partial charge in [-0.2, -0.15) is 0 Å². The number of carbonyl (C=O) groups excluding carboxylic acids is 4. The fraction of sp³-hybridized carbons (Fsp3) is 0.350. The number of fused-ring (bicyclic) bond motifs is 1. The number of aromatic nitrogens is 4. The zero-order valence-electron chi connectivity index (χ0n) is 31.9. The molecule has 0 spiro atoms. The normalized spacial score (nSPS) is 17.6. The summed E-state index contributed by atoms with van der Waals surface area (Å²) in [7, 11) is 2.56. The lowest BCUT2D eigenvalue weighted by molar-refractivity contribution is -0.135. The van der Waals surface area contributed by atoms with Gasteiger partial charge in [-0.3, -0.25) is 9.59 Å². The van der Waals surface area contributed by atoms with Crippen molar-refractivity contribution in [1.29, 1.82) is 0 Å². The van der Waals surface area contributed by atoms with Crippen LogP contribution in [0.3, 0.4) is 0 Å². The summed E-state index contributed by atoms with van der Waals surface area (Å²) in [5.41, 5.74) is 3.77. The highest BCUT2D eigenvalue weighted by Gasteiger charge is 2.37. The minimum atomic E-state index is -0.726. The van der Waals surface area contributed by atoms with Crippen molar-refractivity contribution in [3.8, 4) is 32.3 Å². The van der Waals surface area contributed by atoms with E-state index in [2.05, 4.69) is 67.0 Å². The van der Waals surface area contributed by atoms with Crippen LogP contribution in [-0.2, 0) is 19.1 Å². The fourth-order valence-electron chi connectivity index (χ4n) is 6.90. The minimum Gasteiger partial charge on any atom is -0.453 e. The number of nitrogens with zero attached hydrogens (tertiary/aromatic N) is 4. The monoisotopic (exact) mass is 796 g/mol. The van der Waals surface area contributed by atoms with Crippen LogP contribution in [0.25, 0.3) is 41.7 Å². The summed E-state index contributed by atoms with van der Waals surface area (Å²) < 4.78 is 11.8. The summed E-state index contributed by atoms with van der Waals surface area (Å²) in [4.78, 5) is 72.6. The number of nitrogens with one attached hydrogen (secondary N) is 4. The molecule has 0 fully saturated rings. The third-order valence-corrected chi connectivity index (χ3v) is 12.3. The zero-order chi connectivity index (χ0) is 39.7. The lowest BCUT2D eigenvalue weighted by atomic mass is 10.0. The number of benzene rings is 1. The minimum absolute atomic E-state index is 0.129. The SMILES string of the molecule is COC(=O)N[C@H](C(=O)N1CC=CC1c1ncc(-c2ccc(-c3cc4sc(-c5cnc(C6C=CCN6C(=O)[C@@H](NC(=O)OC)C(C)C)[nH]5)cc4s3)cc2)[nH]1)C(C)C. The van der Waals surface area contributed by atoms with Crippen LogP contribution < -0.4 is 10.6 Å². The summed E-state index contributed by atoms with van der Waals surface area (Å²) in [5, 5.41) is 5.34. The molecular formula is C40H44N8O6S2. The molecule has 5 aromatic rings. The molecule has 0 aliphatic carbocycles. The number of methoxy groups -OCH3 is 2. The average Bonchev–Trinajstić information content (AvgIpc) is 4.04. The lowest BCUT2D eigenvalue weighted by Crippen LogP contribution is -2.51. The van der Waals surface area contributed by atoms with Crippen LogP contribution in [0.2, 0.25) is 0 Å². The lowest BCUT2D eigenvalue weighted by Gasteiger charge is -2.29. The van der Waals surface area contributed by atoms with Crippen molar-refractivity contribution in [2.45, 2.75) is 51.9 Å². The van der Waals surface area contributed by atoms with E-state index in [-0.39, 0.29) is 35.7 Å². The van der Waals surface area contributed by atoms with E-state index < -0.39 is 24.3 Å². The molecule has 0 bridgehead atoms. The number of thiophene rings is 2. The van der Waals surface area contributed by atoms with E-state index in [9.17, 15) is 19.2 Å². The van der Waals surface area contributed by atoms with Gasteiger partial charge in [-0.05, 0) is 35.1 Å². The first-order valence-electron chi connectivity index (χ1n) is 18.3. The largest absolute Gasteiger partial charge is 0.453 e. The third kappa shape index (κ3) is 7.71. The maximum Gasteiger partial charge on any atom is 0.407 e. The number of rotatable bonds is 11. The highest BCUT2D eigenvalue weighted by molar-refractivity contribution is 7.31. The number of hydrogen-bond donors (Lipinski definition) is 4. The highest BCUT2D eigenvalue weighted by atomic mass is 32.1. The molecule has 4 atom stereocenters. The Morgan fingerprint density at radius 2 is 1.14 bits per heavy atom. The van der Waals surface area contributed by atoms with E-state index in [0.29, 0.717) is 24.7 Å². The van der Waals surface area contributed by atoms with Crippen LogP contribution in [0.5, 0.6) is 0 Å². The molecule has 2 aliphatic heterocycles. The summed E-state index contributed by atoms with van der Waals surface area (Å²) in [6.07, 6.45) is 10.1. The van der Waals surface area contributed by atoms with Crippen molar-refractivity contribution >= 4 is 56.1 Å². The van der Waals surface area contributed by atoms with E-state index >= 15 is 0 Å². The second-order valence-electron chi connectivity index (χ2n) is 14.3. The molecule has 292 valence electrons. The second kappa shape index (κ2) is 16.2. The highest BCUT2D eigenvalue weighted by Crippen LogP contribution is 2.42. The Morgan fingerprint density at radius 1 is 0.696 bits per heavy atom. The summed E-state index contributed by atoms with van der Waals surface area (Å²) in [6, 6.07) is 10.5. The van der Waals surface area contributed by atoms with Crippen LogP contribution in [0.4, 0.5) is 9.59 Å². The molecule has 6 heterocycles. The van der Waals surface area contributed by atoms with E-state index in [4.69, 9.17) is 9.47 Å². The molecule has 7 rings (SSSR count). The number of ether oxygens (including phenoxy) is 2. The molecule has 2 aliphatic rings. The maximum atomic E-state index is 13.5. The third-order valence-electron chi connectivity index (χ3n) is 9.97. The van der Waals surface area contributed by atoms with Gasteiger partial charge in [0.05, 0.1) is 42.9 Å². The van der Waals surface area contributed by atoms with Gasteiger partial charge in [0, 0.05) is 27.4 Å². The molecular weight excluding hydrogens is 753 g/mol. The molecule has 14 nitrogen and oxygen atoms in total. The van der Waals surface area contributed by atoms with Crippen molar-refractivity contribution in [1.82, 2.24) is 40.4 Å². The number of hydrogen-bond acceptors (Lipinski definition) is 10. The van der Waals surface area contributed by atoms with Crippen LogP contribution >= 0.6 is 22.7 Å². The number of aromatic amines is 2. The Morgan fingerprint density at radius 3 is 1.64 bits per heavy atom. The van der Waals surface area contributed by atoms with E-state index in [1.165, 1.54) is 14.2 Å². The molecule has 1 aromatic carbocycles. The number of imidazole rings is 2. The van der Waals surface area contributed by atoms with Crippen molar-refractivity contribution in [3.05, 3.63) is 84.7 Å². The van der Waals surface area contributed by atoms with Gasteiger partial charge < -0.3 is 39.9 Å². The number of amides is 4. The quantitative estimate of drug-likeness (QED) is 0.103. The fourth-order valence-corrected chi connectivity index (χ4v) is 9.27. The van der Waals surface area contributed by atoms with Gasteiger partial charge in [-0.25, -0.2) is 19.6 Å². The van der Waals surface area contributed by atoms with Crippen molar-refractivity contribution in [2.24, 2.45) is 11.8 Å². The van der Waals surface area contributed by atoms with Gasteiger partial charge in [-0.15, -0.1) is 22.7 Å². The van der Waals surface area contributed by atoms with Crippen molar-refractivity contribution in [3.63, 3.8) is 0 Å². The van der Waals surface area contributed by atoms with Gasteiger partial charge in [0.2, 0.25) is 11.8 Å². The first-order chi connectivity index (χ1) is 26.9. The molecule has 0 saturated carbocycles. The van der Waals surface area contributed by atoms with Crippen LogP contribution in [-0.4, -0.2) is 93.1 Å². The predicted octanol–water partition coefficient (Wildman–Crippen LogP) is 7.05. The molecule has 16 heteroatoms. The van der Waals surface area contributed by atoms with Crippen LogP contribution in [0.1, 0.15) is 51.4 Å². The van der Waals surface area contributed by atoms with Crippen molar-refractivity contribution < 1.29 is 28.7 Å². The molecule has 0 saturated heterocycles. The molecule has 4 aromatic heterocycles. The van der Waals surface area contributed by atoms with E-state index in [0.717, 1.165) is 41.7 Å². The van der Waals surface area contributed by atoms with Gasteiger partial charge in [0.25, 0.3) is 0 Å². The second-order valence-corrected chi connectivity index (χ2v) is 16.5. The zero-order valence-corrected chi connectivity index (χ0v) is 33.5. The smallest absolute Gasteiger partial charge is 0.407 e. The van der Waals surface area contributed by atoms with E-state index in [1.54, 1.807) is 44.9 Å². The number of alkyl carbamates (subject to hydrolysis) is 2. The Hall–Kier alpha value is -5.74. The Labute approximate surface area is 332 Å². The molecule has 56 heavy (non-hydrogen) atoms. The van der Waals surface area contributed by atoms with Gasteiger partial charge in [-0.1, -0.05) is 76.3 Å². The Kier molecular flexibility index (Phi) is 11.1. The Bertz CT molecular complexity index is 2270. The summed E-state index contributed by atoms with van der Waals surface area (Å²) in [6.45, 7) is 8.37. The summed E-state index contributed by atoms with van der Waals surface area (Å²) >= 11 is 3.39. The first kappa shape index (κ1) is 38.5. The summed E-state index contributed by atoms with van der Waals surface area (Å²) in [5.74, 6) is 0.642. The topological polar surface area (TPSA) is 175 Å². The van der Waals surface area contributed by atoms with Crippen LogP contribution in [0, 0.1) is 11.8 Å². The van der Waals surface area contributed by atoms with Crippen LogP contribution in [0.15, 0.2) is 73.1 Å². The predicted molar refractivity (Wildman–Crippen MR) is 216 cm³/mol. The molecule has 0 radical (unpaired) electrons. The molecule has 4 amide bonds. The number of carbonyl (C=O) groups is 4. The van der Waals surface area contributed by atoms with Crippen molar-refractivity contribution in [2.75, 3.05) is 27.3 Å².